The molecule has 0 aliphatic carbocycles. The minimum absolute atomic E-state index is 0.178. The fraction of sp³-hybridized carbons (Fsp3) is 0.615. The predicted octanol–water partition coefficient (Wildman–Crippen LogP) is 1.60. The molecule has 1 aliphatic heterocycles. The van der Waals surface area contributed by atoms with E-state index in [1.807, 2.05) is 11.6 Å². The Bertz CT molecular complexity index is 550. The summed E-state index contributed by atoms with van der Waals surface area (Å²) in [5, 5.41) is 11.7. The van der Waals surface area contributed by atoms with Crippen LogP contribution in [-0.4, -0.2) is 33.7 Å². The number of aliphatic hydroxyl groups excluding tert-OH is 1. The first kappa shape index (κ1) is 12.9. The number of hydrogen-bond donors (Lipinski definition) is 2. The summed E-state index contributed by atoms with van der Waals surface area (Å²) in [6, 6.07) is 0.178. The van der Waals surface area contributed by atoms with E-state index in [1.54, 1.807) is 11.3 Å². The average Bonchev–Trinajstić information content (AvgIpc) is 2.91. The summed E-state index contributed by atoms with van der Waals surface area (Å²) in [4.78, 5) is 7.96. The number of imidazole rings is 1. The van der Waals surface area contributed by atoms with Crippen molar-refractivity contribution in [1.29, 1.82) is 0 Å². The summed E-state index contributed by atoms with van der Waals surface area (Å²) in [7, 11) is 0. The smallest absolute Gasteiger partial charge is 0.195 e. The molecule has 5 nitrogen and oxygen atoms in total. The first-order valence-electron chi connectivity index (χ1n) is 6.87. The number of nitrogens with two attached hydrogens (primary N) is 1. The van der Waals surface area contributed by atoms with Crippen LogP contribution < -0.4 is 10.6 Å². The van der Waals surface area contributed by atoms with Crippen molar-refractivity contribution in [3.63, 3.8) is 0 Å². The third-order valence-electron chi connectivity index (χ3n) is 3.89. The van der Waals surface area contributed by atoms with Crippen molar-refractivity contribution in [3.8, 4) is 0 Å². The van der Waals surface area contributed by atoms with E-state index in [9.17, 15) is 5.11 Å². The van der Waals surface area contributed by atoms with Gasteiger partial charge in [0.15, 0.2) is 10.8 Å². The van der Waals surface area contributed by atoms with Crippen molar-refractivity contribution >= 4 is 22.1 Å². The molecule has 0 saturated carbocycles. The van der Waals surface area contributed by atoms with E-state index in [0.717, 1.165) is 35.9 Å². The van der Waals surface area contributed by atoms with Gasteiger partial charge in [0.05, 0.1) is 18.3 Å². The molecule has 0 bridgehead atoms. The van der Waals surface area contributed by atoms with E-state index in [-0.39, 0.29) is 12.6 Å². The van der Waals surface area contributed by atoms with Gasteiger partial charge in [-0.3, -0.25) is 4.40 Å². The maximum absolute atomic E-state index is 9.63. The van der Waals surface area contributed by atoms with Gasteiger partial charge in [0.2, 0.25) is 0 Å². The Morgan fingerprint density at radius 3 is 3.11 bits per heavy atom. The molecule has 0 amide bonds. The van der Waals surface area contributed by atoms with Gasteiger partial charge in [-0.2, -0.15) is 0 Å². The van der Waals surface area contributed by atoms with E-state index in [0.29, 0.717) is 6.54 Å². The molecule has 0 aromatic carbocycles. The Kier molecular flexibility index (Phi) is 3.72. The van der Waals surface area contributed by atoms with Crippen molar-refractivity contribution in [2.24, 2.45) is 5.73 Å². The SMILES string of the molecule is NCc1c(N2CCCCCC2CO)nc2sccn12. The third kappa shape index (κ3) is 2.24. The zero-order valence-electron chi connectivity index (χ0n) is 11.0. The fourth-order valence-corrected chi connectivity index (χ4v) is 3.61. The van der Waals surface area contributed by atoms with Gasteiger partial charge in [0.25, 0.3) is 0 Å². The van der Waals surface area contributed by atoms with E-state index >= 15 is 0 Å². The first-order chi connectivity index (χ1) is 9.35. The van der Waals surface area contributed by atoms with Crippen LogP contribution in [0.2, 0.25) is 0 Å². The zero-order chi connectivity index (χ0) is 13.2. The Morgan fingerprint density at radius 1 is 1.42 bits per heavy atom. The van der Waals surface area contributed by atoms with Gasteiger partial charge in [-0.05, 0) is 12.8 Å². The van der Waals surface area contributed by atoms with Crippen LogP contribution in [0.3, 0.4) is 0 Å². The molecule has 1 aliphatic rings. The van der Waals surface area contributed by atoms with Crippen LogP contribution in [0.4, 0.5) is 5.82 Å². The lowest BCUT2D eigenvalue weighted by atomic mass is 10.1. The molecule has 1 atom stereocenters. The highest BCUT2D eigenvalue weighted by Gasteiger charge is 2.25. The maximum atomic E-state index is 9.63. The van der Waals surface area contributed by atoms with Gasteiger partial charge in [-0.25, -0.2) is 4.98 Å². The standard InChI is InChI=1S/C13H20N4OS/c14-8-11-12(15-13-17(11)6-7-19-13)16-5-3-1-2-4-10(16)9-18/h6-7,10,18H,1-5,8-9,14H2. The minimum Gasteiger partial charge on any atom is -0.394 e. The second-order valence-corrected chi connectivity index (χ2v) is 5.89. The van der Waals surface area contributed by atoms with E-state index in [1.165, 1.54) is 12.8 Å². The zero-order valence-corrected chi connectivity index (χ0v) is 11.8. The fourth-order valence-electron chi connectivity index (χ4n) is 2.89. The summed E-state index contributed by atoms with van der Waals surface area (Å²) in [6.45, 7) is 1.63. The second kappa shape index (κ2) is 5.48. The number of hydrogen-bond acceptors (Lipinski definition) is 5. The summed E-state index contributed by atoms with van der Waals surface area (Å²) in [6.07, 6.45) is 6.62. The van der Waals surface area contributed by atoms with Gasteiger partial charge in [-0.1, -0.05) is 12.8 Å². The van der Waals surface area contributed by atoms with Crippen molar-refractivity contribution in [2.45, 2.75) is 38.3 Å². The van der Waals surface area contributed by atoms with Gasteiger partial charge in [-0.15, -0.1) is 11.3 Å². The van der Waals surface area contributed by atoms with Gasteiger partial charge in [0.1, 0.15) is 0 Å². The normalized spacial score (nSPS) is 20.9. The van der Waals surface area contributed by atoms with E-state index < -0.39 is 0 Å². The van der Waals surface area contributed by atoms with Crippen LogP contribution in [0.5, 0.6) is 0 Å². The van der Waals surface area contributed by atoms with Crippen molar-refractivity contribution in [1.82, 2.24) is 9.38 Å². The second-order valence-electron chi connectivity index (χ2n) is 5.02. The van der Waals surface area contributed by atoms with E-state index in [4.69, 9.17) is 10.7 Å². The molecule has 3 rings (SSSR count). The summed E-state index contributed by atoms with van der Waals surface area (Å²) >= 11 is 1.62. The first-order valence-corrected chi connectivity index (χ1v) is 7.75. The molecule has 1 unspecified atom stereocenters. The highest BCUT2D eigenvalue weighted by atomic mass is 32.1. The Hall–Kier alpha value is -1.11. The Balaban J connectivity index is 2.02. The molecule has 104 valence electrons. The lowest BCUT2D eigenvalue weighted by Gasteiger charge is -2.29. The minimum atomic E-state index is 0.178. The average molecular weight is 280 g/mol. The van der Waals surface area contributed by atoms with Crippen LogP contribution in [0.15, 0.2) is 11.6 Å². The lowest BCUT2D eigenvalue weighted by molar-refractivity contribution is 0.254. The quantitative estimate of drug-likeness (QED) is 0.896. The number of nitrogens with zero attached hydrogens (tertiary/aromatic N) is 3. The predicted molar refractivity (Wildman–Crippen MR) is 77.6 cm³/mol. The Morgan fingerprint density at radius 2 is 2.32 bits per heavy atom. The number of aliphatic hydroxyl groups is 1. The van der Waals surface area contributed by atoms with Gasteiger partial charge < -0.3 is 15.7 Å². The van der Waals surface area contributed by atoms with Gasteiger partial charge >= 0.3 is 0 Å². The summed E-state index contributed by atoms with van der Waals surface area (Å²) in [5.41, 5.74) is 6.96. The topological polar surface area (TPSA) is 66.8 Å². The number of aromatic nitrogens is 2. The number of thiazole rings is 1. The molecular formula is C13H20N4OS. The summed E-state index contributed by atoms with van der Waals surface area (Å²) in [5.74, 6) is 0.968. The summed E-state index contributed by atoms with van der Waals surface area (Å²) < 4.78 is 2.07. The highest BCUT2D eigenvalue weighted by molar-refractivity contribution is 7.15. The van der Waals surface area contributed by atoms with Crippen LogP contribution in [0.25, 0.3) is 4.96 Å². The van der Waals surface area contributed by atoms with Crippen molar-refractivity contribution < 1.29 is 5.11 Å². The van der Waals surface area contributed by atoms with Crippen molar-refractivity contribution in [3.05, 3.63) is 17.3 Å². The molecule has 1 fully saturated rings. The molecule has 0 spiro atoms. The molecule has 2 aromatic rings. The molecule has 6 heteroatoms. The molecule has 2 aromatic heterocycles. The maximum Gasteiger partial charge on any atom is 0.195 e. The lowest BCUT2D eigenvalue weighted by Crippen LogP contribution is -2.38. The van der Waals surface area contributed by atoms with Crippen LogP contribution in [-0.2, 0) is 6.54 Å². The van der Waals surface area contributed by atoms with Crippen molar-refractivity contribution in [2.75, 3.05) is 18.1 Å². The largest absolute Gasteiger partial charge is 0.394 e. The molecule has 0 radical (unpaired) electrons. The van der Waals surface area contributed by atoms with Crippen LogP contribution >= 0.6 is 11.3 Å². The van der Waals surface area contributed by atoms with E-state index in [2.05, 4.69) is 9.30 Å². The molecule has 3 N–H and O–H groups in total. The molecule has 1 saturated heterocycles. The monoisotopic (exact) mass is 280 g/mol. The number of rotatable bonds is 3. The number of anilines is 1. The molecular weight excluding hydrogens is 260 g/mol. The van der Waals surface area contributed by atoms with Gasteiger partial charge in [0, 0.05) is 24.7 Å². The highest BCUT2D eigenvalue weighted by Crippen LogP contribution is 2.29. The third-order valence-corrected chi connectivity index (χ3v) is 4.65. The van der Waals surface area contributed by atoms with Crippen LogP contribution in [0.1, 0.15) is 31.4 Å². The molecule has 3 heterocycles. The number of fused-ring (bicyclic) bond motifs is 1. The van der Waals surface area contributed by atoms with Crippen LogP contribution in [0, 0.1) is 0 Å². The molecule has 19 heavy (non-hydrogen) atoms. The Labute approximate surface area is 116 Å².